The predicted octanol–water partition coefficient (Wildman–Crippen LogP) is 0.892. The van der Waals surface area contributed by atoms with Crippen molar-refractivity contribution in [2.75, 3.05) is 25.3 Å². The maximum Gasteiger partial charge on any atom is 0.309 e. The molecule has 6 heteroatoms. The third kappa shape index (κ3) is 3.39. The van der Waals surface area contributed by atoms with E-state index in [0.29, 0.717) is 11.6 Å². The third-order valence-corrected chi connectivity index (χ3v) is 2.31. The summed E-state index contributed by atoms with van der Waals surface area (Å²) in [6.45, 7) is 0. The molecule has 0 spiro atoms. The van der Waals surface area contributed by atoms with Gasteiger partial charge in [0, 0.05) is 14.1 Å². The largest absolute Gasteiger partial charge is 0.481 e. The first kappa shape index (κ1) is 11.8. The van der Waals surface area contributed by atoms with Crippen LogP contribution in [0.5, 0.6) is 0 Å². The summed E-state index contributed by atoms with van der Waals surface area (Å²) in [5.41, 5.74) is 0.533. The first-order valence-electron chi connectivity index (χ1n) is 4.34. The summed E-state index contributed by atoms with van der Waals surface area (Å²) < 4.78 is 0. The Morgan fingerprint density at radius 2 is 2.20 bits per heavy atom. The van der Waals surface area contributed by atoms with Crippen molar-refractivity contribution in [3.63, 3.8) is 0 Å². The Morgan fingerprint density at radius 1 is 1.53 bits per heavy atom. The normalized spacial score (nSPS) is 10.1. The van der Waals surface area contributed by atoms with Gasteiger partial charge in [0.05, 0.1) is 12.1 Å². The molecule has 82 valence electrons. The molecule has 1 aromatic rings. The van der Waals surface area contributed by atoms with Gasteiger partial charge in [0.15, 0.2) is 0 Å². The minimum Gasteiger partial charge on any atom is -0.481 e. The number of hydrogen-bond donors (Lipinski definition) is 1. The summed E-state index contributed by atoms with van der Waals surface area (Å²) in [5, 5.41) is 9.46. The highest BCUT2D eigenvalue weighted by molar-refractivity contribution is 7.98. The molecule has 0 fully saturated rings. The third-order valence-electron chi connectivity index (χ3n) is 1.69. The maximum absolute atomic E-state index is 10.6. The van der Waals surface area contributed by atoms with Crippen molar-refractivity contribution in [1.82, 2.24) is 9.97 Å². The van der Waals surface area contributed by atoms with Gasteiger partial charge >= 0.3 is 5.97 Å². The number of thioether (sulfide) groups is 1. The van der Waals surface area contributed by atoms with Crippen LogP contribution in [0.15, 0.2) is 11.1 Å². The van der Waals surface area contributed by atoms with E-state index in [2.05, 4.69) is 9.97 Å². The Balaban J connectivity index is 3.05. The molecule has 0 aromatic carbocycles. The van der Waals surface area contributed by atoms with Gasteiger partial charge in [-0.05, 0) is 12.3 Å². The Kier molecular flexibility index (Phi) is 3.90. The van der Waals surface area contributed by atoms with E-state index in [1.54, 1.807) is 11.0 Å². The van der Waals surface area contributed by atoms with Gasteiger partial charge in [-0.1, -0.05) is 0 Å². The summed E-state index contributed by atoms with van der Waals surface area (Å²) in [7, 11) is 3.65. The fourth-order valence-electron chi connectivity index (χ4n) is 1.01. The van der Waals surface area contributed by atoms with Crippen LogP contribution < -0.4 is 4.90 Å². The van der Waals surface area contributed by atoms with E-state index in [-0.39, 0.29) is 6.42 Å². The number of carboxylic acids is 1. The van der Waals surface area contributed by atoms with Crippen molar-refractivity contribution in [3.8, 4) is 0 Å². The van der Waals surface area contributed by atoms with Crippen molar-refractivity contribution in [2.45, 2.75) is 11.4 Å². The van der Waals surface area contributed by atoms with Crippen LogP contribution in [0.4, 0.5) is 5.95 Å². The molecule has 0 aliphatic rings. The molecule has 0 unspecified atom stereocenters. The zero-order valence-electron chi connectivity index (χ0n) is 8.89. The summed E-state index contributed by atoms with van der Waals surface area (Å²) in [5.74, 6) is -0.344. The van der Waals surface area contributed by atoms with E-state index >= 15 is 0 Å². The lowest BCUT2D eigenvalue weighted by Gasteiger charge is -2.11. The van der Waals surface area contributed by atoms with Crippen LogP contribution in [0, 0.1) is 0 Å². The van der Waals surface area contributed by atoms with E-state index in [4.69, 9.17) is 5.11 Å². The molecule has 0 aliphatic carbocycles. The molecular weight excluding hydrogens is 214 g/mol. The molecule has 1 N–H and O–H groups in total. The molecule has 1 rings (SSSR count). The average Bonchev–Trinajstić information content (AvgIpc) is 2.16. The second kappa shape index (κ2) is 4.97. The number of nitrogens with zero attached hydrogens (tertiary/aromatic N) is 3. The summed E-state index contributed by atoms with van der Waals surface area (Å²) in [4.78, 5) is 20.7. The quantitative estimate of drug-likeness (QED) is 0.608. The molecule has 0 bridgehead atoms. The van der Waals surface area contributed by atoms with Crippen LogP contribution >= 0.6 is 11.8 Å². The SMILES string of the molecule is CSc1cc(CC(=O)O)nc(N(C)C)n1. The Bertz CT molecular complexity index is 368. The number of carboxylic acid groups (broad SMARTS) is 1. The molecular formula is C9H13N3O2S. The van der Waals surface area contributed by atoms with Crippen molar-refractivity contribution in [1.29, 1.82) is 0 Å². The van der Waals surface area contributed by atoms with Gasteiger partial charge in [0.1, 0.15) is 5.03 Å². The molecule has 0 atom stereocenters. The van der Waals surface area contributed by atoms with Gasteiger partial charge in [0.2, 0.25) is 5.95 Å². The van der Waals surface area contributed by atoms with Gasteiger partial charge in [0.25, 0.3) is 0 Å². The smallest absolute Gasteiger partial charge is 0.309 e. The Morgan fingerprint density at radius 3 is 2.67 bits per heavy atom. The highest BCUT2D eigenvalue weighted by Crippen LogP contribution is 2.16. The highest BCUT2D eigenvalue weighted by atomic mass is 32.2. The number of aliphatic carboxylic acids is 1. The summed E-state index contributed by atoms with van der Waals surface area (Å²) in [6.07, 6.45) is 1.82. The molecule has 0 amide bonds. The molecule has 1 heterocycles. The van der Waals surface area contributed by atoms with E-state index in [1.165, 1.54) is 11.8 Å². The molecule has 0 aliphatic heterocycles. The highest BCUT2D eigenvalue weighted by Gasteiger charge is 2.08. The fraction of sp³-hybridized carbons (Fsp3) is 0.444. The van der Waals surface area contributed by atoms with Crippen LogP contribution in [0.2, 0.25) is 0 Å². The molecule has 1 aromatic heterocycles. The monoisotopic (exact) mass is 227 g/mol. The molecule has 15 heavy (non-hydrogen) atoms. The second-order valence-electron chi connectivity index (χ2n) is 3.17. The zero-order chi connectivity index (χ0) is 11.4. The van der Waals surface area contributed by atoms with Gasteiger partial charge in [-0.25, -0.2) is 9.97 Å². The standard InChI is InChI=1S/C9H13N3O2S/c1-12(2)9-10-6(5-8(13)14)4-7(11-9)15-3/h4H,5H2,1-3H3,(H,13,14). The van der Waals surface area contributed by atoms with Gasteiger partial charge < -0.3 is 10.0 Å². The number of carbonyl (C=O) groups is 1. The second-order valence-corrected chi connectivity index (χ2v) is 3.99. The van der Waals surface area contributed by atoms with Crippen LogP contribution in [0.1, 0.15) is 5.69 Å². The molecule has 5 nitrogen and oxygen atoms in total. The topological polar surface area (TPSA) is 66.3 Å². The van der Waals surface area contributed by atoms with Crippen molar-refractivity contribution in [3.05, 3.63) is 11.8 Å². The van der Waals surface area contributed by atoms with Crippen molar-refractivity contribution < 1.29 is 9.90 Å². The maximum atomic E-state index is 10.6. The van der Waals surface area contributed by atoms with Crippen molar-refractivity contribution >= 4 is 23.7 Å². The van der Waals surface area contributed by atoms with E-state index in [1.807, 2.05) is 20.4 Å². The van der Waals surface area contributed by atoms with Gasteiger partial charge in [-0.2, -0.15) is 0 Å². The number of rotatable bonds is 4. The lowest BCUT2D eigenvalue weighted by Crippen LogP contribution is -2.15. The number of hydrogen-bond acceptors (Lipinski definition) is 5. The van der Waals surface area contributed by atoms with E-state index in [0.717, 1.165) is 5.03 Å². The zero-order valence-corrected chi connectivity index (χ0v) is 9.71. The van der Waals surface area contributed by atoms with Crippen LogP contribution in [0.3, 0.4) is 0 Å². The van der Waals surface area contributed by atoms with Crippen LogP contribution in [0.25, 0.3) is 0 Å². The van der Waals surface area contributed by atoms with E-state index < -0.39 is 5.97 Å². The predicted molar refractivity (Wildman–Crippen MR) is 59.5 cm³/mol. The lowest BCUT2D eigenvalue weighted by molar-refractivity contribution is -0.136. The first-order valence-corrected chi connectivity index (χ1v) is 5.56. The number of aromatic nitrogens is 2. The minimum absolute atomic E-state index is 0.0725. The fourth-order valence-corrected chi connectivity index (χ4v) is 1.44. The van der Waals surface area contributed by atoms with E-state index in [9.17, 15) is 4.79 Å². The Labute approximate surface area is 92.5 Å². The number of anilines is 1. The first-order chi connectivity index (χ1) is 7.02. The van der Waals surface area contributed by atoms with Gasteiger partial charge in [-0.3, -0.25) is 4.79 Å². The summed E-state index contributed by atoms with van der Waals surface area (Å²) >= 11 is 1.47. The van der Waals surface area contributed by atoms with Gasteiger partial charge in [-0.15, -0.1) is 11.8 Å². The minimum atomic E-state index is -0.884. The van der Waals surface area contributed by atoms with Crippen LogP contribution in [-0.4, -0.2) is 41.4 Å². The molecule has 0 saturated heterocycles. The molecule has 0 radical (unpaired) electrons. The lowest BCUT2D eigenvalue weighted by atomic mass is 10.3. The Hall–Kier alpha value is -1.30. The average molecular weight is 227 g/mol. The molecule has 0 saturated carbocycles. The van der Waals surface area contributed by atoms with Crippen LogP contribution in [-0.2, 0) is 11.2 Å². The van der Waals surface area contributed by atoms with Crippen molar-refractivity contribution in [2.24, 2.45) is 0 Å². The summed E-state index contributed by atoms with van der Waals surface area (Å²) in [6, 6.07) is 1.70.